The number of hydrogen-bond donors (Lipinski definition) is 1. The second-order valence-corrected chi connectivity index (χ2v) is 5.30. The van der Waals surface area contributed by atoms with Gasteiger partial charge in [-0.3, -0.25) is 0 Å². The molecule has 3 unspecified atom stereocenters. The average molecular weight is 197 g/mol. The lowest BCUT2D eigenvalue weighted by atomic mass is 9.71. The Balaban J connectivity index is 2.80. The van der Waals surface area contributed by atoms with E-state index >= 15 is 0 Å². The highest BCUT2D eigenvalue weighted by Crippen LogP contribution is 2.52. The molecule has 1 aliphatic carbocycles. The molecule has 0 aliphatic heterocycles. The van der Waals surface area contributed by atoms with Crippen LogP contribution in [0, 0.1) is 17.3 Å². The summed E-state index contributed by atoms with van der Waals surface area (Å²) in [6, 6.07) is 0.680. The van der Waals surface area contributed by atoms with E-state index in [1.165, 1.54) is 25.7 Å². The molecule has 84 valence electrons. The quantitative estimate of drug-likeness (QED) is 0.728. The highest BCUT2D eigenvalue weighted by molar-refractivity contribution is 4.96. The van der Waals surface area contributed by atoms with Gasteiger partial charge in [-0.2, -0.15) is 0 Å². The maximum absolute atomic E-state index is 3.45. The van der Waals surface area contributed by atoms with Crippen LogP contribution in [-0.4, -0.2) is 13.1 Å². The molecule has 0 radical (unpaired) electrons. The van der Waals surface area contributed by atoms with Gasteiger partial charge in [0, 0.05) is 6.04 Å². The van der Waals surface area contributed by atoms with Crippen LogP contribution in [0.1, 0.15) is 53.4 Å². The molecule has 0 aromatic carbocycles. The molecule has 0 spiro atoms. The van der Waals surface area contributed by atoms with Crippen molar-refractivity contribution in [2.75, 3.05) is 7.05 Å². The van der Waals surface area contributed by atoms with Gasteiger partial charge in [0.25, 0.3) is 0 Å². The van der Waals surface area contributed by atoms with E-state index in [-0.39, 0.29) is 0 Å². The predicted molar refractivity (Wildman–Crippen MR) is 63.4 cm³/mol. The van der Waals surface area contributed by atoms with Crippen molar-refractivity contribution < 1.29 is 0 Å². The number of nitrogens with one attached hydrogen (secondary N) is 1. The van der Waals surface area contributed by atoms with Gasteiger partial charge >= 0.3 is 0 Å². The summed E-state index contributed by atoms with van der Waals surface area (Å²) in [5.74, 6) is 1.81. The van der Waals surface area contributed by atoms with Crippen LogP contribution in [0.3, 0.4) is 0 Å². The Labute approximate surface area is 89.7 Å². The maximum Gasteiger partial charge on any atom is 0.00693 e. The molecular weight excluding hydrogens is 170 g/mol. The van der Waals surface area contributed by atoms with Gasteiger partial charge in [-0.05, 0) is 44.1 Å². The lowest BCUT2D eigenvalue weighted by molar-refractivity contribution is 0.148. The first-order chi connectivity index (χ1) is 6.59. The third kappa shape index (κ3) is 1.98. The SMILES string of the molecule is CCC1(CC)CC(C)CC1C(C)NC. The smallest absolute Gasteiger partial charge is 0.00693 e. The van der Waals surface area contributed by atoms with Crippen LogP contribution >= 0.6 is 0 Å². The van der Waals surface area contributed by atoms with Crippen LogP contribution in [0.2, 0.25) is 0 Å². The monoisotopic (exact) mass is 197 g/mol. The Kier molecular flexibility index (Phi) is 4.00. The maximum atomic E-state index is 3.45. The third-order valence-corrected chi connectivity index (χ3v) is 4.67. The molecule has 0 saturated heterocycles. The third-order valence-electron chi connectivity index (χ3n) is 4.67. The Morgan fingerprint density at radius 1 is 1.36 bits per heavy atom. The van der Waals surface area contributed by atoms with Crippen molar-refractivity contribution in [1.29, 1.82) is 0 Å². The summed E-state index contributed by atoms with van der Waals surface area (Å²) in [7, 11) is 2.10. The van der Waals surface area contributed by atoms with E-state index in [9.17, 15) is 0 Å². The van der Waals surface area contributed by atoms with Gasteiger partial charge in [0.2, 0.25) is 0 Å². The fraction of sp³-hybridized carbons (Fsp3) is 1.00. The van der Waals surface area contributed by atoms with E-state index in [1.807, 2.05) is 0 Å². The predicted octanol–water partition coefficient (Wildman–Crippen LogP) is 3.45. The minimum absolute atomic E-state index is 0.627. The lowest BCUT2D eigenvalue weighted by Crippen LogP contribution is -2.38. The van der Waals surface area contributed by atoms with Crippen molar-refractivity contribution in [3.05, 3.63) is 0 Å². The Hall–Kier alpha value is -0.0400. The van der Waals surface area contributed by atoms with Crippen molar-refractivity contribution >= 4 is 0 Å². The molecular formula is C13H27N. The molecule has 3 atom stereocenters. The molecule has 0 amide bonds. The molecule has 0 aromatic heterocycles. The molecule has 1 heteroatoms. The van der Waals surface area contributed by atoms with Crippen LogP contribution in [0.25, 0.3) is 0 Å². The van der Waals surface area contributed by atoms with Crippen molar-refractivity contribution in [2.45, 2.75) is 59.4 Å². The summed E-state index contributed by atoms with van der Waals surface area (Å²) < 4.78 is 0. The fourth-order valence-electron chi connectivity index (χ4n) is 3.61. The Morgan fingerprint density at radius 2 is 1.93 bits per heavy atom. The zero-order valence-corrected chi connectivity index (χ0v) is 10.6. The fourth-order valence-corrected chi connectivity index (χ4v) is 3.61. The summed E-state index contributed by atoms with van der Waals surface area (Å²) in [6.45, 7) is 9.51. The molecule has 1 N–H and O–H groups in total. The largest absolute Gasteiger partial charge is 0.317 e. The topological polar surface area (TPSA) is 12.0 Å². The molecule has 1 nitrogen and oxygen atoms in total. The summed E-state index contributed by atoms with van der Waals surface area (Å²) in [5.41, 5.74) is 0.627. The molecule has 1 fully saturated rings. The van der Waals surface area contributed by atoms with Gasteiger partial charge in [0.15, 0.2) is 0 Å². The zero-order valence-electron chi connectivity index (χ0n) is 10.6. The molecule has 0 bridgehead atoms. The average Bonchev–Trinajstić information content (AvgIpc) is 2.55. The molecule has 0 aromatic rings. The summed E-state index contributed by atoms with van der Waals surface area (Å²) in [6.07, 6.45) is 5.56. The van der Waals surface area contributed by atoms with Crippen LogP contribution in [0.15, 0.2) is 0 Å². The molecule has 0 heterocycles. The van der Waals surface area contributed by atoms with E-state index in [4.69, 9.17) is 0 Å². The van der Waals surface area contributed by atoms with Crippen LogP contribution < -0.4 is 5.32 Å². The normalized spacial score (nSPS) is 33.2. The lowest BCUT2D eigenvalue weighted by Gasteiger charge is -2.37. The van der Waals surface area contributed by atoms with Crippen LogP contribution in [0.4, 0.5) is 0 Å². The second-order valence-electron chi connectivity index (χ2n) is 5.30. The van der Waals surface area contributed by atoms with Gasteiger partial charge < -0.3 is 5.32 Å². The second kappa shape index (κ2) is 4.65. The van der Waals surface area contributed by atoms with Crippen molar-refractivity contribution in [1.82, 2.24) is 5.32 Å². The van der Waals surface area contributed by atoms with Crippen molar-refractivity contribution in [3.63, 3.8) is 0 Å². The zero-order chi connectivity index (χ0) is 10.8. The standard InChI is InChI=1S/C13H27N/c1-6-13(7-2)9-10(3)8-12(13)11(4)14-5/h10-12,14H,6-9H2,1-5H3. The van der Waals surface area contributed by atoms with Gasteiger partial charge in [-0.25, -0.2) is 0 Å². The summed E-state index contributed by atoms with van der Waals surface area (Å²) in [5, 5.41) is 3.45. The first-order valence-electron chi connectivity index (χ1n) is 6.27. The van der Waals surface area contributed by atoms with E-state index in [1.54, 1.807) is 0 Å². The van der Waals surface area contributed by atoms with E-state index in [0.717, 1.165) is 11.8 Å². The van der Waals surface area contributed by atoms with Crippen LogP contribution in [-0.2, 0) is 0 Å². The van der Waals surface area contributed by atoms with Gasteiger partial charge in [0.1, 0.15) is 0 Å². The van der Waals surface area contributed by atoms with Gasteiger partial charge in [-0.1, -0.05) is 33.6 Å². The minimum Gasteiger partial charge on any atom is -0.317 e. The molecule has 1 rings (SSSR count). The van der Waals surface area contributed by atoms with E-state index in [2.05, 4.69) is 40.1 Å². The van der Waals surface area contributed by atoms with Crippen molar-refractivity contribution in [3.8, 4) is 0 Å². The van der Waals surface area contributed by atoms with Gasteiger partial charge in [-0.15, -0.1) is 0 Å². The first-order valence-corrected chi connectivity index (χ1v) is 6.27. The summed E-state index contributed by atoms with van der Waals surface area (Å²) in [4.78, 5) is 0. The summed E-state index contributed by atoms with van der Waals surface area (Å²) >= 11 is 0. The number of hydrogen-bond acceptors (Lipinski definition) is 1. The molecule has 1 saturated carbocycles. The highest BCUT2D eigenvalue weighted by Gasteiger charge is 2.44. The van der Waals surface area contributed by atoms with Crippen molar-refractivity contribution in [2.24, 2.45) is 17.3 Å². The van der Waals surface area contributed by atoms with E-state index in [0.29, 0.717) is 11.5 Å². The first kappa shape index (κ1) is 12.0. The minimum atomic E-state index is 0.627. The molecule has 14 heavy (non-hydrogen) atoms. The Bertz CT molecular complexity index is 172. The Morgan fingerprint density at radius 3 is 2.36 bits per heavy atom. The van der Waals surface area contributed by atoms with E-state index < -0.39 is 0 Å². The highest BCUT2D eigenvalue weighted by atomic mass is 14.9. The van der Waals surface area contributed by atoms with Gasteiger partial charge in [0.05, 0.1) is 0 Å². The number of rotatable bonds is 4. The van der Waals surface area contributed by atoms with Crippen LogP contribution in [0.5, 0.6) is 0 Å². The molecule has 1 aliphatic rings.